The molecule has 0 spiro atoms. The van der Waals surface area contributed by atoms with Gasteiger partial charge in [-0.05, 0) is 25.5 Å². The van der Waals surface area contributed by atoms with Crippen LogP contribution in [0, 0.1) is 6.92 Å². The number of carbonyl (C=O) groups excluding carboxylic acids is 2. The van der Waals surface area contributed by atoms with Gasteiger partial charge in [0.2, 0.25) is 5.91 Å². The standard InChI is InChI=1S/C18H24N4O4/c1-4-5-9-22(12-17(23)20-16-10-13(2)26-21-16)18(24)19-14-7-6-8-15(11-14)25-3/h6-8,10-11H,4-5,9,12H2,1-3H3,(H,19,24)(H,20,21,23). The summed E-state index contributed by atoms with van der Waals surface area (Å²) in [7, 11) is 1.56. The second-order valence-corrected chi connectivity index (χ2v) is 5.81. The molecule has 0 aliphatic rings. The van der Waals surface area contributed by atoms with E-state index in [1.165, 1.54) is 4.90 Å². The molecule has 2 N–H and O–H groups in total. The van der Waals surface area contributed by atoms with E-state index in [-0.39, 0.29) is 18.5 Å². The number of aromatic nitrogens is 1. The Morgan fingerprint density at radius 3 is 2.73 bits per heavy atom. The highest BCUT2D eigenvalue weighted by Crippen LogP contribution is 2.17. The fourth-order valence-electron chi connectivity index (χ4n) is 2.29. The van der Waals surface area contributed by atoms with Crippen LogP contribution in [0.4, 0.5) is 16.3 Å². The first-order chi connectivity index (χ1) is 12.5. The van der Waals surface area contributed by atoms with E-state index in [4.69, 9.17) is 9.26 Å². The maximum Gasteiger partial charge on any atom is 0.322 e. The molecule has 0 saturated carbocycles. The number of hydrogen-bond donors (Lipinski definition) is 2. The summed E-state index contributed by atoms with van der Waals surface area (Å²) in [5, 5.41) is 9.13. The molecule has 0 saturated heterocycles. The molecule has 26 heavy (non-hydrogen) atoms. The lowest BCUT2D eigenvalue weighted by molar-refractivity contribution is -0.116. The van der Waals surface area contributed by atoms with E-state index in [9.17, 15) is 9.59 Å². The molecule has 2 rings (SSSR count). The number of anilines is 2. The highest BCUT2D eigenvalue weighted by atomic mass is 16.5. The number of ether oxygens (including phenoxy) is 1. The minimum Gasteiger partial charge on any atom is -0.497 e. The van der Waals surface area contributed by atoms with Crippen LogP contribution in [0.15, 0.2) is 34.9 Å². The van der Waals surface area contributed by atoms with Gasteiger partial charge in [0.15, 0.2) is 5.82 Å². The van der Waals surface area contributed by atoms with Gasteiger partial charge in [-0.25, -0.2) is 4.79 Å². The van der Waals surface area contributed by atoms with Gasteiger partial charge in [-0.15, -0.1) is 0 Å². The third kappa shape index (κ3) is 5.80. The lowest BCUT2D eigenvalue weighted by atomic mass is 10.3. The van der Waals surface area contributed by atoms with Gasteiger partial charge in [0.1, 0.15) is 18.1 Å². The quantitative estimate of drug-likeness (QED) is 0.753. The van der Waals surface area contributed by atoms with Crippen LogP contribution in [-0.4, -0.2) is 42.2 Å². The monoisotopic (exact) mass is 360 g/mol. The topological polar surface area (TPSA) is 96.7 Å². The largest absolute Gasteiger partial charge is 0.497 e. The highest BCUT2D eigenvalue weighted by molar-refractivity contribution is 5.96. The van der Waals surface area contributed by atoms with Crippen molar-refractivity contribution in [1.82, 2.24) is 10.1 Å². The summed E-state index contributed by atoms with van der Waals surface area (Å²) in [6.07, 6.45) is 1.70. The molecule has 8 nitrogen and oxygen atoms in total. The molecule has 2 aromatic rings. The molecule has 3 amide bonds. The van der Waals surface area contributed by atoms with Crippen molar-refractivity contribution in [2.45, 2.75) is 26.7 Å². The molecule has 140 valence electrons. The molecule has 1 aromatic carbocycles. The molecule has 0 unspecified atom stereocenters. The average Bonchev–Trinajstić information content (AvgIpc) is 3.03. The third-order valence-electron chi connectivity index (χ3n) is 3.62. The first-order valence-corrected chi connectivity index (χ1v) is 8.45. The Bertz CT molecular complexity index is 744. The van der Waals surface area contributed by atoms with Crippen LogP contribution >= 0.6 is 0 Å². The van der Waals surface area contributed by atoms with E-state index in [2.05, 4.69) is 15.8 Å². The van der Waals surface area contributed by atoms with Crippen molar-refractivity contribution in [3.05, 3.63) is 36.1 Å². The molecule has 0 aliphatic carbocycles. The van der Waals surface area contributed by atoms with E-state index >= 15 is 0 Å². The summed E-state index contributed by atoms with van der Waals surface area (Å²) < 4.78 is 10.1. The van der Waals surface area contributed by atoms with Crippen molar-refractivity contribution < 1.29 is 18.8 Å². The van der Waals surface area contributed by atoms with Crippen LogP contribution < -0.4 is 15.4 Å². The van der Waals surface area contributed by atoms with Crippen molar-refractivity contribution in [3.8, 4) is 5.75 Å². The van der Waals surface area contributed by atoms with Crippen molar-refractivity contribution in [2.24, 2.45) is 0 Å². The molecule has 0 atom stereocenters. The minimum absolute atomic E-state index is 0.0816. The van der Waals surface area contributed by atoms with Crippen LogP contribution in [0.25, 0.3) is 0 Å². The molecule has 1 aromatic heterocycles. The molecule has 1 heterocycles. The highest BCUT2D eigenvalue weighted by Gasteiger charge is 2.18. The Morgan fingerprint density at radius 1 is 1.27 bits per heavy atom. The molecular formula is C18H24N4O4. The van der Waals surface area contributed by atoms with Gasteiger partial charge in [0.05, 0.1) is 7.11 Å². The van der Waals surface area contributed by atoms with Crippen LogP contribution in [-0.2, 0) is 4.79 Å². The second-order valence-electron chi connectivity index (χ2n) is 5.81. The number of methoxy groups -OCH3 is 1. The number of nitrogens with one attached hydrogen (secondary N) is 2. The SMILES string of the molecule is CCCCN(CC(=O)Nc1cc(C)on1)C(=O)Nc1cccc(OC)c1. The Morgan fingerprint density at radius 2 is 2.08 bits per heavy atom. The number of aryl methyl sites for hydroxylation is 1. The Labute approximate surface area is 152 Å². The molecular weight excluding hydrogens is 336 g/mol. The van der Waals surface area contributed by atoms with E-state index in [0.717, 1.165) is 12.8 Å². The third-order valence-corrected chi connectivity index (χ3v) is 3.62. The molecule has 8 heteroatoms. The minimum atomic E-state index is -0.349. The van der Waals surface area contributed by atoms with Gasteiger partial charge in [-0.2, -0.15) is 0 Å². The molecule has 0 aliphatic heterocycles. The molecule has 0 radical (unpaired) electrons. The fourth-order valence-corrected chi connectivity index (χ4v) is 2.29. The fraction of sp³-hybridized carbons (Fsp3) is 0.389. The zero-order valence-corrected chi connectivity index (χ0v) is 15.2. The van der Waals surface area contributed by atoms with Gasteiger partial charge in [0, 0.05) is 24.4 Å². The number of urea groups is 1. The Kier molecular flexibility index (Phi) is 7.02. The summed E-state index contributed by atoms with van der Waals surface area (Å²) in [6.45, 7) is 4.15. The van der Waals surface area contributed by atoms with E-state index < -0.39 is 0 Å². The van der Waals surface area contributed by atoms with Gasteiger partial charge < -0.3 is 24.8 Å². The molecule has 0 bridgehead atoms. The van der Waals surface area contributed by atoms with Crippen LogP contribution in [0.5, 0.6) is 5.75 Å². The number of rotatable bonds is 8. The number of benzene rings is 1. The van der Waals surface area contributed by atoms with E-state index in [1.54, 1.807) is 44.4 Å². The number of hydrogen-bond acceptors (Lipinski definition) is 5. The first kappa shape index (κ1) is 19.3. The number of unbranched alkanes of at least 4 members (excludes halogenated alkanes) is 1. The summed E-state index contributed by atoms with van der Waals surface area (Å²) in [5.41, 5.74) is 0.600. The van der Waals surface area contributed by atoms with Gasteiger partial charge in [-0.1, -0.05) is 24.6 Å². The van der Waals surface area contributed by atoms with Crippen molar-refractivity contribution >= 4 is 23.4 Å². The van der Waals surface area contributed by atoms with E-state index in [0.29, 0.717) is 29.6 Å². The summed E-state index contributed by atoms with van der Waals surface area (Å²) >= 11 is 0. The Hall–Kier alpha value is -3.03. The van der Waals surface area contributed by atoms with Crippen LogP contribution in [0.3, 0.4) is 0 Å². The average molecular weight is 360 g/mol. The zero-order valence-electron chi connectivity index (χ0n) is 15.2. The molecule has 0 fully saturated rings. The second kappa shape index (κ2) is 9.45. The zero-order chi connectivity index (χ0) is 18.9. The lowest BCUT2D eigenvalue weighted by Crippen LogP contribution is -2.41. The smallest absolute Gasteiger partial charge is 0.322 e. The maximum atomic E-state index is 12.6. The first-order valence-electron chi connectivity index (χ1n) is 8.45. The van der Waals surface area contributed by atoms with Crippen LogP contribution in [0.1, 0.15) is 25.5 Å². The normalized spacial score (nSPS) is 10.3. The summed E-state index contributed by atoms with van der Waals surface area (Å²) in [5.74, 6) is 1.23. The maximum absolute atomic E-state index is 12.6. The van der Waals surface area contributed by atoms with Crippen molar-refractivity contribution in [2.75, 3.05) is 30.8 Å². The van der Waals surface area contributed by atoms with Crippen molar-refractivity contribution in [1.29, 1.82) is 0 Å². The number of carbonyl (C=O) groups is 2. The lowest BCUT2D eigenvalue weighted by Gasteiger charge is -2.22. The predicted octanol–water partition coefficient (Wildman–Crippen LogP) is 3.26. The van der Waals surface area contributed by atoms with Gasteiger partial charge in [0.25, 0.3) is 0 Å². The number of nitrogens with zero attached hydrogens (tertiary/aromatic N) is 2. The predicted molar refractivity (Wildman–Crippen MR) is 98.4 cm³/mol. The summed E-state index contributed by atoms with van der Waals surface area (Å²) in [4.78, 5) is 26.3. The van der Waals surface area contributed by atoms with Crippen molar-refractivity contribution in [3.63, 3.8) is 0 Å². The Balaban J connectivity index is 1.99. The van der Waals surface area contributed by atoms with Gasteiger partial charge >= 0.3 is 6.03 Å². The number of amides is 3. The van der Waals surface area contributed by atoms with Gasteiger partial charge in [-0.3, -0.25) is 4.79 Å². The summed E-state index contributed by atoms with van der Waals surface area (Å²) in [6, 6.07) is 8.32. The van der Waals surface area contributed by atoms with E-state index in [1.807, 2.05) is 6.92 Å². The van der Waals surface area contributed by atoms with Crippen LogP contribution in [0.2, 0.25) is 0 Å².